The van der Waals surface area contributed by atoms with Crippen molar-refractivity contribution in [2.75, 3.05) is 12.4 Å². The lowest BCUT2D eigenvalue weighted by molar-refractivity contribution is 0.630. The van der Waals surface area contributed by atoms with Gasteiger partial charge < -0.3 is 5.32 Å². The molecule has 1 aromatic carbocycles. The molecule has 0 aliphatic heterocycles. The minimum absolute atomic E-state index is 0.273. The highest BCUT2D eigenvalue weighted by molar-refractivity contribution is 5.67. The third-order valence-electron chi connectivity index (χ3n) is 1.41. The van der Waals surface area contributed by atoms with Crippen LogP contribution in [0.3, 0.4) is 0 Å². The zero-order chi connectivity index (χ0) is 8.27. The van der Waals surface area contributed by atoms with Gasteiger partial charge in [0.25, 0.3) is 0 Å². The van der Waals surface area contributed by atoms with E-state index in [2.05, 4.69) is 17.0 Å². The van der Waals surface area contributed by atoms with Crippen LogP contribution in [0, 0.1) is 5.82 Å². The van der Waals surface area contributed by atoms with Crippen LogP contribution in [-0.4, -0.2) is 13.8 Å². The van der Waals surface area contributed by atoms with E-state index in [1.807, 2.05) is 0 Å². The van der Waals surface area contributed by atoms with Crippen molar-refractivity contribution in [3.8, 4) is 0 Å². The van der Waals surface area contributed by atoms with Gasteiger partial charge in [-0.2, -0.15) is 0 Å². The number of para-hydroxylation sites is 1. The third kappa shape index (κ3) is 1.37. The van der Waals surface area contributed by atoms with Crippen molar-refractivity contribution in [2.45, 2.75) is 0 Å². The van der Waals surface area contributed by atoms with Crippen molar-refractivity contribution in [1.82, 2.24) is 0 Å². The van der Waals surface area contributed by atoms with E-state index < -0.39 is 0 Å². The average Bonchev–Trinajstić information content (AvgIpc) is 2.04. The molecular weight excluding hydrogens is 143 g/mol. The Morgan fingerprint density at radius 2 is 2.27 bits per heavy atom. The second kappa shape index (κ2) is 3.14. The lowest BCUT2D eigenvalue weighted by Crippen LogP contribution is -1.89. The molecular formula is C8H9FN2. The minimum atomic E-state index is -0.355. The molecule has 0 aliphatic rings. The van der Waals surface area contributed by atoms with Gasteiger partial charge in [0, 0.05) is 7.05 Å². The molecule has 0 saturated carbocycles. The number of hydrogen-bond acceptors (Lipinski definition) is 2. The Morgan fingerprint density at radius 3 is 2.73 bits per heavy atom. The summed E-state index contributed by atoms with van der Waals surface area (Å²) in [5, 5.41) is 2.81. The van der Waals surface area contributed by atoms with E-state index in [4.69, 9.17) is 0 Å². The molecule has 0 spiro atoms. The molecule has 0 aliphatic carbocycles. The zero-order valence-corrected chi connectivity index (χ0v) is 6.26. The van der Waals surface area contributed by atoms with Crippen molar-refractivity contribution in [2.24, 2.45) is 4.99 Å². The van der Waals surface area contributed by atoms with Crippen LogP contribution >= 0.6 is 0 Å². The number of anilines is 1. The first-order valence-corrected chi connectivity index (χ1v) is 3.22. The van der Waals surface area contributed by atoms with Crippen molar-refractivity contribution in [1.29, 1.82) is 0 Å². The highest BCUT2D eigenvalue weighted by Gasteiger charge is 2.02. The van der Waals surface area contributed by atoms with E-state index in [0.29, 0.717) is 5.69 Å². The monoisotopic (exact) mass is 152 g/mol. The standard InChI is InChI=1S/C8H9FN2/c1-10-7-5-3-4-6(9)8(7)11-2/h3-5,10H,2H2,1H3. The third-order valence-corrected chi connectivity index (χ3v) is 1.41. The topological polar surface area (TPSA) is 24.4 Å². The Labute approximate surface area is 64.8 Å². The molecule has 1 rings (SSSR count). The van der Waals surface area contributed by atoms with Gasteiger partial charge in [0.05, 0.1) is 5.69 Å². The molecule has 11 heavy (non-hydrogen) atoms. The van der Waals surface area contributed by atoms with Crippen LogP contribution in [0.15, 0.2) is 23.2 Å². The van der Waals surface area contributed by atoms with Gasteiger partial charge in [-0.15, -0.1) is 0 Å². The van der Waals surface area contributed by atoms with Crippen LogP contribution < -0.4 is 5.32 Å². The maximum absolute atomic E-state index is 12.9. The van der Waals surface area contributed by atoms with Gasteiger partial charge >= 0.3 is 0 Å². The molecule has 58 valence electrons. The summed E-state index contributed by atoms with van der Waals surface area (Å²) in [6.07, 6.45) is 0. The Bertz CT molecular complexity index is 271. The van der Waals surface area contributed by atoms with E-state index in [-0.39, 0.29) is 11.5 Å². The number of rotatable bonds is 2. The van der Waals surface area contributed by atoms with E-state index in [9.17, 15) is 4.39 Å². The van der Waals surface area contributed by atoms with E-state index in [1.165, 1.54) is 6.07 Å². The van der Waals surface area contributed by atoms with Crippen LogP contribution in [0.2, 0.25) is 0 Å². The zero-order valence-electron chi connectivity index (χ0n) is 6.26. The lowest BCUT2D eigenvalue weighted by atomic mass is 10.2. The first-order chi connectivity index (χ1) is 5.29. The largest absolute Gasteiger partial charge is 0.386 e. The Balaban J connectivity index is 3.24. The Kier molecular flexibility index (Phi) is 2.21. The molecule has 0 atom stereocenters. The molecule has 0 fully saturated rings. The molecule has 3 heteroatoms. The fourth-order valence-corrected chi connectivity index (χ4v) is 0.878. The van der Waals surface area contributed by atoms with Gasteiger partial charge in [0.2, 0.25) is 0 Å². The summed E-state index contributed by atoms with van der Waals surface area (Å²) in [5.41, 5.74) is 0.926. The molecule has 0 saturated heterocycles. The quantitative estimate of drug-likeness (QED) is 0.645. The second-order valence-electron chi connectivity index (χ2n) is 2.04. The highest BCUT2D eigenvalue weighted by atomic mass is 19.1. The number of nitrogens with one attached hydrogen (secondary N) is 1. The van der Waals surface area contributed by atoms with Gasteiger partial charge in [-0.1, -0.05) is 6.07 Å². The minimum Gasteiger partial charge on any atom is -0.386 e. The van der Waals surface area contributed by atoms with Crippen molar-refractivity contribution in [3.63, 3.8) is 0 Å². The molecule has 2 nitrogen and oxygen atoms in total. The first kappa shape index (κ1) is 7.72. The summed E-state index contributed by atoms with van der Waals surface area (Å²) in [5.74, 6) is -0.355. The van der Waals surface area contributed by atoms with Crippen LogP contribution in [0.4, 0.5) is 15.8 Å². The Morgan fingerprint density at radius 1 is 1.55 bits per heavy atom. The molecule has 0 aromatic heterocycles. The molecule has 0 radical (unpaired) electrons. The number of aliphatic imine (C=N–C) groups is 1. The van der Waals surface area contributed by atoms with E-state index in [0.717, 1.165) is 0 Å². The summed E-state index contributed by atoms with van der Waals surface area (Å²) < 4.78 is 12.9. The van der Waals surface area contributed by atoms with Crippen molar-refractivity contribution in [3.05, 3.63) is 24.0 Å². The van der Waals surface area contributed by atoms with Gasteiger partial charge in [-0.25, -0.2) is 4.39 Å². The van der Waals surface area contributed by atoms with Crippen LogP contribution in [0.5, 0.6) is 0 Å². The predicted octanol–water partition coefficient (Wildman–Crippen LogP) is 2.20. The summed E-state index contributed by atoms with van der Waals surface area (Å²) in [7, 11) is 1.71. The smallest absolute Gasteiger partial charge is 0.150 e. The SMILES string of the molecule is C=Nc1c(F)cccc1NC. The molecule has 1 aromatic rings. The summed E-state index contributed by atoms with van der Waals surface area (Å²) in [4.78, 5) is 3.55. The highest BCUT2D eigenvalue weighted by Crippen LogP contribution is 2.26. The fraction of sp³-hybridized carbons (Fsp3) is 0.125. The fourth-order valence-electron chi connectivity index (χ4n) is 0.878. The van der Waals surface area contributed by atoms with Gasteiger partial charge in [0.1, 0.15) is 5.69 Å². The van der Waals surface area contributed by atoms with Gasteiger partial charge in [0.15, 0.2) is 5.82 Å². The number of hydrogen-bond donors (Lipinski definition) is 1. The number of halogens is 1. The summed E-state index contributed by atoms with van der Waals surface area (Å²) in [6.45, 7) is 3.27. The van der Waals surface area contributed by atoms with Crippen molar-refractivity contribution < 1.29 is 4.39 Å². The van der Waals surface area contributed by atoms with Crippen LogP contribution in [0.25, 0.3) is 0 Å². The summed E-state index contributed by atoms with van der Waals surface area (Å²) in [6, 6.07) is 4.72. The van der Waals surface area contributed by atoms with Crippen LogP contribution in [-0.2, 0) is 0 Å². The number of benzene rings is 1. The predicted molar refractivity (Wildman–Crippen MR) is 45.2 cm³/mol. The van der Waals surface area contributed by atoms with E-state index >= 15 is 0 Å². The second-order valence-corrected chi connectivity index (χ2v) is 2.04. The lowest BCUT2D eigenvalue weighted by Gasteiger charge is -2.03. The normalized spacial score (nSPS) is 9.27. The summed E-state index contributed by atoms with van der Waals surface area (Å²) >= 11 is 0. The maximum Gasteiger partial charge on any atom is 0.150 e. The molecule has 0 heterocycles. The van der Waals surface area contributed by atoms with Gasteiger partial charge in [-0.05, 0) is 18.9 Å². The van der Waals surface area contributed by atoms with E-state index in [1.54, 1.807) is 19.2 Å². The molecule has 0 amide bonds. The average molecular weight is 152 g/mol. The molecule has 0 bridgehead atoms. The maximum atomic E-state index is 12.9. The number of nitrogens with zero attached hydrogens (tertiary/aromatic N) is 1. The Hall–Kier alpha value is -1.38. The van der Waals surface area contributed by atoms with Crippen LogP contribution in [0.1, 0.15) is 0 Å². The van der Waals surface area contributed by atoms with Crippen molar-refractivity contribution >= 4 is 18.1 Å². The first-order valence-electron chi connectivity index (χ1n) is 3.22. The van der Waals surface area contributed by atoms with Gasteiger partial charge in [-0.3, -0.25) is 4.99 Å². The molecule has 1 N–H and O–H groups in total. The molecule has 0 unspecified atom stereocenters.